The monoisotopic (exact) mass is 218 g/mol. The van der Waals surface area contributed by atoms with Crippen LogP contribution in [0.2, 0.25) is 0 Å². The van der Waals surface area contributed by atoms with Crippen molar-refractivity contribution in [3.63, 3.8) is 0 Å². The van der Waals surface area contributed by atoms with Crippen LogP contribution in [0.5, 0.6) is 11.5 Å². The molecule has 0 aliphatic rings. The van der Waals surface area contributed by atoms with Crippen molar-refractivity contribution in [2.24, 2.45) is 0 Å². The zero-order valence-corrected chi connectivity index (χ0v) is 8.74. The van der Waals surface area contributed by atoms with E-state index in [4.69, 9.17) is 15.3 Å². The van der Waals surface area contributed by atoms with E-state index in [9.17, 15) is 0 Å². The van der Waals surface area contributed by atoms with Gasteiger partial charge in [0.25, 0.3) is 0 Å². The number of para-hydroxylation sites is 1. The Balaban J connectivity index is 0.000000165. The molecule has 2 aromatic rings. The molecule has 0 unspecified atom stereocenters. The second-order valence-electron chi connectivity index (χ2n) is 3.16. The largest absolute Gasteiger partial charge is 0.508 e. The lowest BCUT2D eigenvalue weighted by Gasteiger charge is -1.93. The minimum absolute atomic E-state index is 0.0281. The third kappa shape index (κ3) is 4.48. The highest BCUT2D eigenvalue weighted by molar-refractivity contribution is 5.25. The number of aromatic hydroxyl groups is 2. The minimum Gasteiger partial charge on any atom is -0.508 e. The lowest BCUT2D eigenvalue weighted by atomic mass is 10.2. The first-order valence-corrected chi connectivity index (χ1v) is 4.85. The van der Waals surface area contributed by atoms with Crippen molar-refractivity contribution >= 4 is 0 Å². The van der Waals surface area contributed by atoms with Gasteiger partial charge in [0.15, 0.2) is 0 Å². The van der Waals surface area contributed by atoms with E-state index >= 15 is 0 Å². The van der Waals surface area contributed by atoms with Gasteiger partial charge < -0.3 is 15.3 Å². The molecule has 84 valence electrons. The number of hydrogen-bond acceptors (Lipinski definition) is 3. The fraction of sp³-hybridized carbons (Fsp3) is 0.0769. The van der Waals surface area contributed by atoms with Crippen molar-refractivity contribution in [1.82, 2.24) is 0 Å². The molecule has 16 heavy (non-hydrogen) atoms. The molecule has 0 aromatic heterocycles. The van der Waals surface area contributed by atoms with Gasteiger partial charge in [0.1, 0.15) is 11.5 Å². The summed E-state index contributed by atoms with van der Waals surface area (Å²) in [4.78, 5) is 0. The summed E-state index contributed by atoms with van der Waals surface area (Å²) in [6.07, 6.45) is 0. The van der Waals surface area contributed by atoms with Gasteiger partial charge in [-0.1, -0.05) is 30.3 Å². The highest BCUT2D eigenvalue weighted by Crippen LogP contribution is 2.08. The average Bonchev–Trinajstić information content (AvgIpc) is 2.32. The number of phenols is 2. The van der Waals surface area contributed by atoms with Crippen LogP contribution in [-0.4, -0.2) is 15.3 Å². The van der Waals surface area contributed by atoms with Gasteiger partial charge in [-0.15, -0.1) is 0 Å². The average molecular weight is 218 g/mol. The van der Waals surface area contributed by atoms with Gasteiger partial charge in [-0.3, -0.25) is 0 Å². The van der Waals surface area contributed by atoms with Gasteiger partial charge in [0.2, 0.25) is 0 Å². The van der Waals surface area contributed by atoms with Crippen LogP contribution in [-0.2, 0) is 6.61 Å². The van der Waals surface area contributed by atoms with E-state index in [2.05, 4.69) is 0 Å². The molecular weight excluding hydrogens is 204 g/mol. The normalized spacial score (nSPS) is 9.06. The molecule has 0 atom stereocenters. The van der Waals surface area contributed by atoms with Crippen molar-refractivity contribution in [1.29, 1.82) is 0 Å². The first-order valence-electron chi connectivity index (χ1n) is 4.85. The van der Waals surface area contributed by atoms with Crippen LogP contribution in [0.15, 0.2) is 54.6 Å². The van der Waals surface area contributed by atoms with Gasteiger partial charge in [0.05, 0.1) is 6.61 Å². The highest BCUT2D eigenvalue weighted by atomic mass is 16.3. The Morgan fingerprint density at radius 1 is 0.688 bits per heavy atom. The molecule has 0 heterocycles. The standard InChI is InChI=1S/C7H8O2.C6H6O/c8-5-6-1-3-7(9)4-2-6;7-6-4-2-1-3-5-6/h1-4,8-9H,5H2;1-5,7H. The Hall–Kier alpha value is -2.00. The Labute approximate surface area is 94.2 Å². The van der Waals surface area contributed by atoms with Crippen molar-refractivity contribution in [2.45, 2.75) is 6.61 Å². The van der Waals surface area contributed by atoms with Gasteiger partial charge in [-0.05, 0) is 29.8 Å². The summed E-state index contributed by atoms with van der Waals surface area (Å²) in [5.74, 6) is 0.551. The summed E-state index contributed by atoms with van der Waals surface area (Å²) in [7, 11) is 0. The zero-order valence-electron chi connectivity index (χ0n) is 8.74. The predicted octanol–water partition coefficient (Wildman–Crippen LogP) is 2.28. The summed E-state index contributed by atoms with van der Waals surface area (Å²) < 4.78 is 0. The van der Waals surface area contributed by atoms with Gasteiger partial charge in [0, 0.05) is 0 Å². The number of phenolic OH excluding ortho intramolecular Hbond substituents is 2. The Morgan fingerprint density at radius 2 is 1.19 bits per heavy atom. The molecule has 0 saturated carbocycles. The Bertz CT molecular complexity index is 395. The molecule has 0 radical (unpaired) electrons. The second kappa shape index (κ2) is 6.48. The van der Waals surface area contributed by atoms with Gasteiger partial charge >= 0.3 is 0 Å². The molecule has 0 amide bonds. The molecule has 0 spiro atoms. The van der Waals surface area contributed by atoms with E-state index in [-0.39, 0.29) is 12.4 Å². The topological polar surface area (TPSA) is 60.7 Å². The maximum atomic E-state index is 8.77. The SMILES string of the molecule is OCc1ccc(O)cc1.Oc1ccccc1. The van der Waals surface area contributed by atoms with Crippen LogP contribution in [0.25, 0.3) is 0 Å². The fourth-order valence-electron chi connectivity index (χ4n) is 1.03. The molecule has 3 heteroatoms. The summed E-state index contributed by atoms with van der Waals surface area (Å²) in [6, 6.07) is 15.2. The molecule has 0 aliphatic heterocycles. The quantitative estimate of drug-likeness (QED) is 0.688. The molecule has 2 rings (SSSR count). The molecule has 3 nitrogen and oxygen atoms in total. The zero-order chi connectivity index (χ0) is 11.8. The first-order chi connectivity index (χ1) is 7.72. The maximum absolute atomic E-state index is 8.77. The molecule has 0 aliphatic carbocycles. The Kier molecular flexibility index (Phi) is 4.89. The van der Waals surface area contributed by atoms with Crippen molar-refractivity contribution in [3.8, 4) is 11.5 Å². The number of rotatable bonds is 1. The van der Waals surface area contributed by atoms with Crippen LogP contribution in [0, 0.1) is 0 Å². The second-order valence-corrected chi connectivity index (χ2v) is 3.16. The summed E-state index contributed by atoms with van der Waals surface area (Å²) in [6.45, 7) is 0.0281. The van der Waals surface area contributed by atoms with Gasteiger partial charge in [-0.25, -0.2) is 0 Å². The Morgan fingerprint density at radius 3 is 1.56 bits per heavy atom. The van der Waals surface area contributed by atoms with E-state index in [1.807, 2.05) is 6.07 Å². The van der Waals surface area contributed by atoms with E-state index in [1.54, 1.807) is 48.5 Å². The summed E-state index contributed by atoms with van der Waals surface area (Å²) in [5, 5.41) is 25.9. The number of aliphatic hydroxyl groups excluding tert-OH is 1. The third-order valence-electron chi connectivity index (χ3n) is 1.88. The highest BCUT2D eigenvalue weighted by Gasteiger charge is 1.87. The summed E-state index contributed by atoms with van der Waals surface area (Å²) >= 11 is 0. The van der Waals surface area contributed by atoms with E-state index in [1.165, 1.54) is 0 Å². The maximum Gasteiger partial charge on any atom is 0.115 e. The van der Waals surface area contributed by atoms with Crippen LogP contribution in [0.1, 0.15) is 5.56 Å². The minimum atomic E-state index is 0.0281. The molecule has 0 fully saturated rings. The third-order valence-corrected chi connectivity index (χ3v) is 1.88. The lowest BCUT2D eigenvalue weighted by Crippen LogP contribution is -1.78. The van der Waals surface area contributed by atoms with Crippen molar-refractivity contribution in [3.05, 3.63) is 60.2 Å². The van der Waals surface area contributed by atoms with Crippen LogP contribution >= 0.6 is 0 Å². The van der Waals surface area contributed by atoms with Gasteiger partial charge in [-0.2, -0.15) is 0 Å². The molecule has 2 aromatic carbocycles. The number of benzene rings is 2. The van der Waals surface area contributed by atoms with E-state index < -0.39 is 0 Å². The van der Waals surface area contributed by atoms with Crippen LogP contribution in [0.4, 0.5) is 0 Å². The van der Waals surface area contributed by atoms with Crippen LogP contribution < -0.4 is 0 Å². The number of aliphatic hydroxyl groups is 1. The summed E-state index contributed by atoms with van der Waals surface area (Å²) in [5.41, 5.74) is 0.813. The predicted molar refractivity (Wildman–Crippen MR) is 62.1 cm³/mol. The molecule has 0 saturated heterocycles. The lowest BCUT2D eigenvalue weighted by molar-refractivity contribution is 0.281. The first kappa shape index (κ1) is 12.1. The van der Waals surface area contributed by atoms with E-state index in [0.717, 1.165) is 5.56 Å². The van der Waals surface area contributed by atoms with Crippen molar-refractivity contribution in [2.75, 3.05) is 0 Å². The van der Waals surface area contributed by atoms with Crippen molar-refractivity contribution < 1.29 is 15.3 Å². The number of hydrogen-bond donors (Lipinski definition) is 3. The molecule has 3 N–H and O–H groups in total. The van der Waals surface area contributed by atoms with Crippen LogP contribution in [0.3, 0.4) is 0 Å². The van der Waals surface area contributed by atoms with E-state index in [0.29, 0.717) is 5.75 Å². The molecule has 0 bridgehead atoms. The smallest absolute Gasteiger partial charge is 0.115 e. The molecular formula is C13H14O3. The fourth-order valence-corrected chi connectivity index (χ4v) is 1.03.